The van der Waals surface area contributed by atoms with Gasteiger partial charge in [-0.05, 0) is 19.1 Å². The molecule has 0 unspecified atom stereocenters. The topological polar surface area (TPSA) is 54.4 Å². The Hall–Kier alpha value is 0.420. The fourth-order valence-electron chi connectivity index (χ4n) is 0.710. The van der Waals surface area contributed by atoms with Crippen LogP contribution >= 0.6 is 0 Å². The summed E-state index contributed by atoms with van der Waals surface area (Å²) in [6.07, 6.45) is 0. The second kappa shape index (κ2) is 6.01. The number of hydrogen-bond acceptors (Lipinski definition) is 2. The molecule has 6 heteroatoms. The number of benzene rings is 1. The Kier molecular flexibility index (Phi) is 7.34. The van der Waals surface area contributed by atoms with Crippen molar-refractivity contribution in [2.24, 2.45) is 0 Å². The van der Waals surface area contributed by atoms with Crippen LogP contribution in [0.15, 0.2) is 29.2 Å². The zero-order chi connectivity index (χ0) is 8.48. The van der Waals surface area contributed by atoms with Crippen LogP contribution in [0, 0.1) is 6.92 Å². The average molecular weight is 231 g/mol. The molecule has 0 saturated carbocycles. The van der Waals surface area contributed by atoms with E-state index in [0.717, 1.165) is 5.56 Å². The first-order valence-corrected chi connectivity index (χ1v) is 4.48. The molecule has 0 amide bonds. The van der Waals surface area contributed by atoms with Gasteiger partial charge in [0.05, 0.1) is 4.90 Å². The molecule has 0 aromatic heterocycles. The Morgan fingerprint density at radius 2 is 1.54 bits per heavy atom. The van der Waals surface area contributed by atoms with E-state index < -0.39 is 10.1 Å². The summed E-state index contributed by atoms with van der Waals surface area (Å²) in [6.45, 7) is 1.84. The first-order chi connectivity index (χ1) is 5.00. The quantitative estimate of drug-likeness (QED) is 0.390. The number of halogens is 1. The minimum Gasteiger partial charge on any atom is -1.00 e. The summed E-state index contributed by atoms with van der Waals surface area (Å²) in [7, 11) is -4.02. The van der Waals surface area contributed by atoms with Crippen molar-refractivity contribution in [2.75, 3.05) is 0 Å². The number of aryl methyl sites for hydroxylation is 1. The first kappa shape index (κ1) is 15.9. The fraction of sp³-hybridized carbons (Fsp3) is 0.143. The third-order valence-electron chi connectivity index (χ3n) is 1.32. The summed E-state index contributed by atoms with van der Waals surface area (Å²) in [5.74, 6) is 0. The van der Waals surface area contributed by atoms with Crippen molar-refractivity contribution < 1.29 is 54.9 Å². The summed E-state index contributed by atoms with van der Waals surface area (Å²) in [5.41, 5.74) is 0.956. The van der Waals surface area contributed by atoms with Crippen molar-refractivity contribution in [1.82, 2.24) is 0 Å². The predicted octanol–water partition coefficient (Wildman–Crippen LogP) is -4.75. The molecule has 0 bridgehead atoms. The molecule has 1 aromatic carbocycles. The molecule has 0 atom stereocenters. The van der Waals surface area contributed by atoms with Gasteiger partial charge in [0.25, 0.3) is 10.1 Å². The maximum Gasteiger partial charge on any atom is 1.00 e. The van der Waals surface area contributed by atoms with E-state index >= 15 is 0 Å². The van der Waals surface area contributed by atoms with Gasteiger partial charge in [0.1, 0.15) is 0 Å². The molecule has 1 aromatic rings. The SMILES string of the molecule is Cc1ccc(S(=O)(=O)O)cc1.[Cl-].[Na+]. The van der Waals surface area contributed by atoms with Crippen LogP contribution in [-0.4, -0.2) is 13.0 Å². The molecule has 0 heterocycles. The standard InChI is InChI=1S/C7H8O3S.ClH.Na/c1-6-2-4-7(5-3-6)11(8,9)10;;/h2-5H,1H3,(H,8,9,10);1H;/q;;+1/p-1. The molecule has 68 valence electrons. The van der Waals surface area contributed by atoms with Crippen LogP contribution in [0.4, 0.5) is 0 Å². The van der Waals surface area contributed by atoms with Crippen molar-refractivity contribution in [1.29, 1.82) is 0 Å². The third-order valence-corrected chi connectivity index (χ3v) is 2.19. The van der Waals surface area contributed by atoms with Gasteiger partial charge in [-0.25, -0.2) is 0 Å². The molecule has 0 spiro atoms. The normalized spacial score (nSPS) is 9.69. The second-order valence-corrected chi connectivity index (χ2v) is 3.71. The maximum atomic E-state index is 10.5. The Morgan fingerprint density at radius 1 is 1.15 bits per heavy atom. The van der Waals surface area contributed by atoms with Gasteiger partial charge in [-0.15, -0.1) is 0 Å². The van der Waals surface area contributed by atoms with E-state index in [0.29, 0.717) is 0 Å². The van der Waals surface area contributed by atoms with E-state index in [9.17, 15) is 8.42 Å². The zero-order valence-electron chi connectivity index (χ0n) is 7.36. The van der Waals surface area contributed by atoms with E-state index in [1.54, 1.807) is 12.1 Å². The van der Waals surface area contributed by atoms with Crippen LogP contribution in [0.25, 0.3) is 0 Å². The molecule has 0 aliphatic rings. The number of hydrogen-bond donors (Lipinski definition) is 1. The van der Waals surface area contributed by atoms with Gasteiger partial charge in [0.2, 0.25) is 0 Å². The van der Waals surface area contributed by atoms with Crippen LogP contribution in [0.3, 0.4) is 0 Å². The average Bonchev–Trinajstić information content (AvgIpc) is 1.86. The van der Waals surface area contributed by atoms with Crippen LogP contribution in [-0.2, 0) is 10.1 Å². The maximum absolute atomic E-state index is 10.5. The van der Waals surface area contributed by atoms with Gasteiger partial charge >= 0.3 is 29.6 Å². The van der Waals surface area contributed by atoms with Crippen LogP contribution < -0.4 is 42.0 Å². The smallest absolute Gasteiger partial charge is 1.00 e. The Balaban J connectivity index is 0. The fourth-order valence-corrected chi connectivity index (χ4v) is 1.19. The van der Waals surface area contributed by atoms with Crippen molar-refractivity contribution in [3.05, 3.63) is 29.8 Å². The summed E-state index contributed by atoms with van der Waals surface area (Å²) >= 11 is 0. The Morgan fingerprint density at radius 3 is 1.85 bits per heavy atom. The molecule has 1 N–H and O–H groups in total. The molecular weight excluding hydrogens is 223 g/mol. The van der Waals surface area contributed by atoms with E-state index in [1.165, 1.54) is 12.1 Å². The Bertz CT molecular complexity index is 347. The molecule has 0 saturated heterocycles. The molecule has 0 fully saturated rings. The van der Waals surface area contributed by atoms with Crippen molar-refractivity contribution in [2.45, 2.75) is 11.8 Å². The van der Waals surface area contributed by atoms with Crippen molar-refractivity contribution in [3.63, 3.8) is 0 Å². The Labute approximate surface area is 106 Å². The van der Waals surface area contributed by atoms with E-state index in [1.807, 2.05) is 6.92 Å². The molecule has 0 radical (unpaired) electrons. The predicted molar refractivity (Wildman–Crippen MR) is 41.0 cm³/mol. The third kappa shape index (κ3) is 5.00. The minimum atomic E-state index is -4.02. The van der Waals surface area contributed by atoms with Gasteiger partial charge in [0, 0.05) is 0 Å². The molecule has 13 heavy (non-hydrogen) atoms. The summed E-state index contributed by atoms with van der Waals surface area (Å²) in [5, 5.41) is 0. The van der Waals surface area contributed by atoms with Gasteiger partial charge in [0.15, 0.2) is 0 Å². The largest absolute Gasteiger partial charge is 1.00 e. The van der Waals surface area contributed by atoms with Crippen LogP contribution in [0.1, 0.15) is 5.56 Å². The van der Waals surface area contributed by atoms with Crippen LogP contribution in [0.5, 0.6) is 0 Å². The van der Waals surface area contributed by atoms with Crippen molar-refractivity contribution >= 4 is 10.1 Å². The summed E-state index contributed by atoms with van der Waals surface area (Å²) < 4.78 is 29.6. The van der Waals surface area contributed by atoms with E-state index in [2.05, 4.69) is 0 Å². The van der Waals surface area contributed by atoms with E-state index in [4.69, 9.17) is 4.55 Å². The minimum absolute atomic E-state index is 0. The molecule has 0 aliphatic heterocycles. The van der Waals surface area contributed by atoms with Gasteiger partial charge < -0.3 is 12.4 Å². The molecule has 3 nitrogen and oxygen atoms in total. The number of rotatable bonds is 1. The zero-order valence-corrected chi connectivity index (χ0v) is 10.9. The molecule has 1 rings (SSSR count). The summed E-state index contributed by atoms with van der Waals surface area (Å²) in [4.78, 5) is -0.0666. The van der Waals surface area contributed by atoms with E-state index in [-0.39, 0.29) is 46.9 Å². The molecular formula is C7H8ClNaO3S. The van der Waals surface area contributed by atoms with Gasteiger partial charge in [-0.2, -0.15) is 8.42 Å². The first-order valence-electron chi connectivity index (χ1n) is 3.04. The monoisotopic (exact) mass is 230 g/mol. The summed E-state index contributed by atoms with van der Waals surface area (Å²) in [6, 6.07) is 5.99. The van der Waals surface area contributed by atoms with Gasteiger partial charge in [-0.3, -0.25) is 4.55 Å². The van der Waals surface area contributed by atoms with Crippen molar-refractivity contribution in [3.8, 4) is 0 Å². The van der Waals surface area contributed by atoms with Gasteiger partial charge in [-0.1, -0.05) is 17.7 Å². The second-order valence-electron chi connectivity index (χ2n) is 2.29. The molecule has 0 aliphatic carbocycles. The van der Waals surface area contributed by atoms with Crippen LogP contribution in [0.2, 0.25) is 0 Å².